The molecule has 1 fully saturated rings. The predicted molar refractivity (Wildman–Crippen MR) is 180 cm³/mol. The van der Waals surface area contributed by atoms with E-state index in [2.05, 4.69) is 83.2 Å². The molecule has 1 heterocycles. The van der Waals surface area contributed by atoms with Gasteiger partial charge in [0.05, 0.1) is 5.52 Å². The Kier molecular flexibility index (Phi) is 10.4. The molecule has 0 bridgehead atoms. The summed E-state index contributed by atoms with van der Waals surface area (Å²) in [6.45, 7) is 6.87. The van der Waals surface area contributed by atoms with Crippen LogP contribution in [0.2, 0.25) is 5.02 Å². The predicted octanol–water partition coefficient (Wildman–Crippen LogP) is 6.85. The highest BCUT2D eigenvalue weighted by atomic mass is 35.5. The van der Waals surface area contributed by atoms with Crippen LogP contribution in [0, 0.1) is 0 Å². The number of halogens is 1. The summed E-state index contributed by atoms with van der Waals surface area (Å²) in [5, 5.41) is 12.7. The van der Waals surface area contributed by atoms with Crippen LogP contribution in [0.5, 0.6) is 5.75 Å². The Bertz CT molecular complexity index is 1450. The smallest absolute Gasteiger partial charge is 0.225 e. The van der Waals surface area contributed by atoms with Crippen molar-refractivity contribution < 1.29 is 4.74 Å². The van der Waals surface area contributed by atoms with E-state index in [0.29, 0.717) is 18.0 Å². The molecule has 3 N–H and O–H groups in total. The van der Waals surface area contributed by atoms with E-state index in [-0.39, 0.29) is 5.60 Å². The van der Waals surface area contributed by atoms with Gasteiger partial charge in [-0.25, -0.2) is 4.98 Å². The van der Waals surface area contributed by atoms with Gasteiger partial charge in [-0.1, -0.05) is 48.0 Å². The van der Waals surface area contributed by atoms with Gasteiger partial charge in [-0.15, -0.1) is 0 Å². The number of hydrogen-bond donors (Lipinski definition) is 3. The van der Waals surface area contributed by atoms with Gasteiger partial charge < -0.3 is 25.6 Å². The Balaban J connectivity index is 1.02. The lowest BCUT2D eigenvalue weighted by Gasteiger charge is -2.33. The SMILES string of the molecule is CN(C)c1nc(NC2CCC(NCC(C)(C)Oc3ccc(CCNCc4ccc(Cl)cc4)cc3)CC2)nc2ccccc12. The van der Waals surface area contributed by atoms with E-state index in [0.717, 1.165) is 79.2 Å². The Labute approximate surface area is 261 Å². The van der Waals surface area contributed by atoms with Gasteiger partial charge in [0.1, 0.15) is 17.2 Å². The second-order valence-electron chi connectivity index (χ2n) is 12.4. The summed E-state index contributed by atoms with van der Waals surface area (Å²) in [6, 6.07) is 25.5. The molecule has 0 atom stereocenters. The first kappa shape index (κ1) is 31.0. The molecule has 1 aliphatic rings. The molecule has 0 saturated heterocycles. The van der Waals surface area contributed by atoms with Gasteiger partial charge in [0.2, 0.25) is 5.95 Å². The van der Waals surface area contributed by atoms with E-state index in [1.54, 1.807) is 0 Å². The quantitative estimate of drug-likeness (QED) is 0.145. The van der Waals surface area contributed by atoms with Crippen LogP contribution in [-0.2, 0) is 13.0 Å². The molecule has 1 aliphatic carbocycles. The molecule has 1 saturated carbocycles. The molecule has 5 rings (SSSR count). The highest BCUT2D eigenvalue weighted by molar-refractivity contribution is 6.30. The number of hydrogen-bond acceptors (Lipinski definition) is 7. The van der Waals surface area contributed by atoms with Crippen LogP contribution < -0.4 is 25.6 Å². The lowest BCUT2D eigenvalue weighted by molar-refractivity contribution is 0.101. The lowest BCUT2D eigenvalue weighted by atomic mass is 9.91. The molecule has 0 radical (unpaired) electrons. The van der Waals surface area contributed by atoms with Crippen molar-refractivity contribution in [2.24, 2.45) is 0 Å². The van der Waals surface area contributed by atoms with Gasteiger partial charge >= 0.3 is 0 Å². The first-order valence-electron chi connectivity index (χ1n) is 15.4. The van der Waals surface area contributed by atoms with Crippen LogP contribution in [-0.4, -0.2) is 54.8 Å². The minimum atomic E-state index is -0.307. The Morgan fingerprint density at radius 2 is 1.53 bits per heavy atom. The Hall–Kier alpha value is -3.39. The topological polar surface area (TPSA) is 74.3 Å². The number of para-hydroxylation sites is 1. The van der Waals surface area contributed by atoms with Crippen molar-refractivity contribution in [1.29, 1.82) is 0 Å². The van der Waals surface area contributed by atoms with E-state index in [1.165, 1.54) is 11.1 Å². The van der Waals surface area contributed by atoms with Gasteiger partial charge in [0.15, 0.2) is 0 Å². The standard InChI is InChI=1S/C35H45ClN6O/c1-35(2,43-30-19-11-25(12-20-30)21-22-37-23-26-9-13-27(36)14-10-26)24-38-28-15-17-29(18-16-28)39-34-40-32-8-6-5-7-31(32)33(41-34)42(3)4/h5-14,19-20,28-29,37-38H,15-18,21-24H2,1-4H3,(H,39,40,41). The van der Waals surface area contributed by atoms with E-state index >= 15 is 0 Å². The van der Waals surface area contributed by atoms with Crippen molar-refractivity contribution in [2.45, 2.75) is 70.2 Å². The summed E-state index contributed by atoms with van der Waals surface area (Å²) in [7, 11) is 4.06. The fourth-order valence-electron chi connectivity index (χ4n) is 5.63. The molecular weight excluding hydrogens is 556 g/mol. The average Bonchev–Trinajstić information content (AvgIpc) is 3.00. The number of rotatable bonds is 13. The molecule has 7 nitrogen and oxygen atoms in total. The third-order valence-electron chi connectivity index (χ3n) is 8.03. The van der Waals surface area contributed by atoms with E-state index < -0.39 is 0 Å². The number of nitrogens with one attached hydrogen (secondary N) is 3. The molecule has 228 valence electrons. The van der Waals surface area contributed by atoms with Crippen LogP contribution in [0.3, 0.4) is 0 Å². The molecule has 0 unspecified atom stereocenters. The molecule has 0 amide bonds. The lowest BCUT2D eigenvalue weighted by Crippen LogP contribution is -2.46. The fraction of sp³-hybridized carbons (Fsp3) is 0.429. The Morgan fingerprint density at radius 1 is 0.860 bits per heavy atom. The zero-order valence-corrected chi connectivity index (χ0v) is 26.6. The maximum atomic E-state index is 6.38. The minimum absolute atomic E-state index is 0.307. The third-order valence-corrected chi connectivity index (χ3v) is 8.29. The summed E-state index contributed by atoms with van der Waals surface area (Å²) in [4.78, 5) is 11.7. The largest absolute Gasteiger partial charge is 0.487 e. The zero-order valence-electron chi connectivity index (χ0n) is 25.9. The minimum Gasteiger partial charge on any atom is -0.487 e. The van der Waals surface area contributed by atoms with Crippen molar-refractivity contribution in [3.63, 3.8) is 0 Å². The zero-order chi connectivity index (χ0) is 30.2. The number of aromatic nitrogens is 2. The monoisotopic (exact) mass is 600 g/mol. The van der Waals surface area contributed by atoms with Crippen molar-refractivity contribution in [2.75, 3.05) is 37.4 Å². The number of fused-ring (bicyclic) bond motifs is 1. The van der Waals surface area contributed by atoms with Gasteiger partial charge in [-0.05, 0) is 100 Å². The molecular formula is C35H45ClN6O. The van der Waals surface area contributed by atoms with Crippen molar-refractivity contribution in [3.05, 3.63) is 88.9 Å². The average molecular weight is 601 g/mol. The van der Waals surface area contributed by atoms with Crippen molar-refractivity contribution in [3.8, 4) is 5.75 Å². The molecule has 4 aromatic rings. The van der Waals surface area contributed by atoms with Gasteiger partial charge in [0, 0.05) is 49.7 Å². The van der Waals surface area contributed by atoms with E-state index in [4.69, 9.17) is 26.3 Å². The van der Waals surface area contributed by atoms with Crippen molar-refractivity contribution >= 4 is 34.3 Å². The maximum absolute atomic E-state index is 6.38. The summed E-state index contributed by atoms with van der Waals surface area (Å²) in [5.41, 5.74) is 3.20. The van der Waals surface area contributed by atoms with E-state index in [1.807, 2.05) is 38.4 Å². The van der Waals surface area contributed by atoms with Crippen LogP contribution in [0.25, 0.3) is 10.9 Å². The first-order valence-corrected chi connectivity index (χ1v) is 15.8. The van der Waals surface area contributed by atoms with Crippen LogP contribution >= 0.6 is 11.6 Å². The van der Waals surface area contributed by atoms with Gasteiger partial charge in [-0.3, -0.25) is 0 Å². The second kappa shape index (κ2) is 14.4. The highest BCUT2D eigenvalue weighted by Crippen LogP contribution is 2.27. The fourth-order valence-corrected chi connectivity index (χ4v) is 5.75. The third kappa shape index (κ3) is 9.05. The molecule has 1 aromatic heterocycles. The van der Waals surface area contributed by atoms with Crippen molar-refractivity contribution in [1.82, 2.24) is 20.6 Å². The van der Waals surface area contributed by atoms with Crippen LogP contribution in [0.1, 0.15) is 50.7 Å². The molecule has 3 aromatic carbocycles. The van der Waals surface area contributed by atoms with E-state index in [9.17, 15) is 0 Å². The second-order valence-corrected chi connectivity index (χ2v) is 12.9. The van der Waals surface area contributed by atoms with Crippen LogP contribution in [0.4, 0.5) is 11.8 Å². The summed E-state index contributed by atoms with van der Waals surface area (Å²) in [6.07, 6.45) is 5.37. The number of benzene rings is 3. The molecule has 43 heavy (non-hydrogen) atoms. The number of anilines is 2. The molecule has 8 heteroatoms. The Morgan fingerprint density at radius 3 is 2.26 bits per heavy atom. The number of ether oxygens (including phenoxy) is 1. The molecule has 0 spiro atoms. The number of nitrogens with zero attached hydrogens (tertiary/aromatic N) is 3. The summed E-state index contributed by atoms with van der Waals surface area (Å²) in [5.74, 6) is 2.57. The van der Waals surface area contributed by atoms with Gasteiger partial charge in [0.25, 0.3) is 0 Å². The summed E-state index contributed by atoms with van der Waals surface area (Å²) < 4.78 is 6.38. The normalized spacial score (nSPS) is 17.1. The van der Waals surface area contributed by atoms with Crippen LogP contribution in [0.15, 0.2) is 72.8 Å². The maximum Gasteiger partial charge on any atom is 0.225 e. The van der Waals surface area contributed by atoms with Gasteiger partial charge in [-0.2, -0.15) is 4.98 Å². The highest BCUT2D eigenvalue weighted by Gasteiger charge is 2.26. The summed E-state index contributed by atoms with van der Waals surface area (Å²) >= 11 is 5.97. The molecule has 0 aliphatic heterocycles. The first-order chi connectivity index (χ1) is 20.7.